The topological polar surface area (TPSA) is 39.7 Å². The fourth-order valence-corrected chi connectivity index (χ4v) is 1.64. The van der Waals surface area contributed by atoms with Crippen LogP contribution in [-0.4, -0.2) is 37.6 Å². The maximum Gasteiger partial charge on any atom is 0.101 e. The highest BCUT2D eigenvalue weighted by molar-refractivity contribution is 4.95. The van der Waals surface area contributed by atoms with Crippen LogP contribution in [0.1, 0.15) is 34.1 Å². The quantitative estimate of drug-likeness (QED) is 0.708. The SMILES string of the molecule is CCOC1CC(NOC(C)(C)C)C1OC. The summed E-state index contributed by atoms with van der Waals surface area (Å²) >= 11 is 0. The van der Waals surface area contributed by atoms with Crippen molar-refractivity contribution in [1.82, 2.24) is 5.48 Å². The molecule has 0 spiro atoms. The van der Waals surface area contributed by atoms with E-state index in [9.17, 15) is 0 Å². The van der Waals surface area contributed by atoms with Crippen molar-refractivity contribution >= 4 is 0 Å². The zero-order valence-electron chi connectivity index (χ0n) is 10.4. The first kappa shape index (κ1) is 12.9. The van der Waals surface area contributed by atoms with Crippen LogP contribution < -0.4 is 5.48 Å². The fraction of sp³-hybridized carbons (Fsp3) is 1.00. The molecule has 1 saturated carbocycles. The minimum absolute atomic E-state index is 0.104. The molecular formula is C11H23NO3. The van der Waals surface area contributed by atoms with E-state index in [2.05, 4.69) is 5.48 Å². The molecule has 1 aliphatic carbocycles. The summed E-state index contributed by atoms with van der Waals surface area (Å²) in [6, 6.07) is 0.241. The molecule has 0 heterocycles. The van der Waals surface area contributed by atoms with Gasteiger partial charge in [-0.2, -0.15) is 5.48 Å². The van der Waals surface area contributed by atoms with Crippen LogP contribution in [0.5, 0.6) is 0 Å². The second-order valence-electron chi connectivity index (χ2n) is 4.87. The molecule has 0 aromatic carbocycles. The van der Waals surface area contributed by atoms with Crippen molar-refractivity contribution in [1.29, 1.82) is 0 Å². The van der Waals surface area contributed by atoms with E-state index in [1.165, 1.54) is 0 Å². The molecule has 15 heavy (non-hydrogen) atoms. The van der Waals surface area contributed by atoms with Crippen molar-refractivity contribution in [2.45, 2.75) is 58.0 Å². The number of nitrogens with one attached hydrogen (secondary N) is 1. The standard InChI is InChI=1S/C11H23NO3/c1-6-14-9-7-8(10(9)13-5)12-15-11(2,3)4/h8-10,12H,6-7H2,1-5H3. The summed E-state index contributed by atoms with van der Waals surface area (Å²) in [4.78, 5) is 5.51. The Bertz CT molecular complexity index is 191. The van der Waals surface area contributed by atoms with Crippen LogP contribution in [0.4, 0.5) is 0 Å². The molecule has 0 radical (unpaired) electrons. The van der Waals surface area contributed by atoms with Gasteiger partial charge in [0, 0.05) is 13.7 Å². The highest BCUT2D eigenvalue weighted by Crippen LogP contribution is 2.27. The van der Waals surface area contributed by atoms with Gasteiger partial charge in [0.05, 0.1) is 17.7 Å². The second kappa shape index (κ2) is 5.25. The zero-order valence-corrected chi connectivity index (χ0v) is 10.4. The van der Waals surface area contributed by atoms with E-state index >= 15 is 0 Å². The maximum atomic E-state index is 5.52. The number of ether oxygens (including phenoxy) is 2. The second-order valence-corrected chi connectivity index (χ2v) is 4.87. The van der Waals surface area contributed by atoms with Gasteiger partial charge >= 0.3 is 0 Å². The van der Waals surface area contributed by atoms with Gasteiger partial charge in [-0.05, 0) is 34.1 Å². The predicted octanol–water partition coefficient (Wildman–Crippen LogP) is 1.50. The Morgan fingerprint density at radius 3 is 2.47 bits per heavy atom. The van der Waals surface area contributed by atoms with Gasteiger partial charge in [-0.15, -0.1) is 0 Å². The molecule has 0 amide bonds. The molecule has 0 saturated heterocycles. The molecular weight excluding hydrogens is 194 g/mol. The normalized spacial score (nSPS) is 31.4. The molecule has 4 heteroatoms. The molecule has 0 aromatic heterocycles. The fourth-order valence-electron chi connectivity index (χ4n) is 1.64. The third kappa shape index (κ3) is 3.72. The first-order valence-corrected chi connectivity index (χ1v) is 5.56. The van der Waals surface area contributed by atoms with Gasteiger partial charge in [-0.25, -0.2) is 0 Å². The first-order chi connectivity index (χ1) is 6.98. The van der Waals surface area contributed by atoms with E-state index in [1.807, 2.05) is 27.7 Å². The summed E-state index contributed by atoms with van der Waals surface area (Å²) in [6.07, 6.45) is 1.26. The Kier molecular flexibility index (Phi) is 4.52. The highest BCUT2D eigenvalue weighted by Gasteiger charge is 2.42. The average molecular weight is 217 g/mol. The van der Waals surface area contributed by atoms with E-state index in [0.717, 1.165) is 13.0 Å². The minimum atomic E-state index is -0.172. The van der Waals surface area contributed by atoms with Crippen molar-refractivity contribution < 1.29 is 14.3 Å². The molecule has 4 nitrogen and oxygen atoms in total. The van der Waals surface area contributed by atoms with Gasteiger partial charge in [-0.3, -0.25) is 4.84 Å². The number of hydrogen-bond donors (Lipinski definition) is 1. The molecule has 0 aliphatic heterocycles. The summed E-state index contributed by atoms with van der Waals surface area (Å²) in [7, 11) is 1.71. The average Bonchev–Trinajstić information content (AvgIpc) is 2.08. The van der Waals surface area contributed by atoms with Crippen molar-refractivity contribution in [3.63, 3.8) is 0 Å². The lowest BCUT2D eigenvalue weighted by Crippen LogP contribution is -2.60. The highest BCUT2D eigenvalue weighted by atomic mass is 16.7. The van der Waals surface area contributed by atoms with Crippen LogP contribution >= 0.6 is 0 Å². The number of methoxy groups -OCH3 is 1. The molecule has 3 atom stereocenters. The Balaban J connectivity index is 2.27. The number of hydroxylamine groups is 1. The van der Waals surface area contributed by atoms with Gasteiger partial charge in [-0.1, -0.05) is 0 Å². The molecule has 1 rings (SSSR count). The van der Waals surface area contributed by atoms with Crippen LogP contribution in [0.3, 0.4) is 0 Å². The van der Waals surface area contributed by atoms with Crippen molar-refractivity contribution in [3.8, 4) is 0 Å². The molecule has 1 fully saturated rings. The third-order valence-electron chi connectivity index (χ3n) is 2.42. The van der Waals surface area contributed by atoms with Crippen LogP contribution in [0, 0.1) is 0 Å². The van der Waals surface area contributed by atoms with E-state index in [1.54, 1.807) is 7.11 Å². The summed E-state index contributed by atoms with van der Waals surface area (Å²) in [5.74, 6) is 0. The van der Waals surface area contributed by atoms with Gasteiger partial charge < -0.3 is 9.47 Å². The molecule has 3 unspecified atom stereocenters. The van der Waals surface area contributed by atoms with Crippen molar-refractivity contribution in [2.24, 2.45) is 0 Å². The van der Waals surface area contributed by atoms with Gasteiger partial charge in [0.25, 0.3) is 0 Å². The minimum Gasteiger partial charge on any atom is -0.377 e. The van der Waals surface area contributed by atoms with Crippen molar-refractivity contribution in [3.05, 3.63) is 0 Å². The van der Waals surface area contributed by atoms with Crippen LogP contribution in [-0.2, 0) is 14.3 Å². The lowest BCUT2D eigenvalue weighted by molar-refractivity contribution is -0.185. The third-order valence-corrected chi connectivity index (χ3v) is 2.42. The summed E-state index contributed by atoms with van der Waals surface area (Å²) in [5.41, 5.74) is 2.87. The lowest BCUT2D eigenvalue weighted by atomic mass is 9.86. The van der Waals surface area contributed by atoms with E-state index < -0.39 is 0 Å². The van der Waals surface area contributed by atoms with Gasteiger partial charge in [0.2, 0.25) is 0 Å². The Labute approximate surface area is 92.2 Å². The van der Waals surface area contributed by atoms with Crippen LogP contribution in [0.15, 0.2) is 0 Å². The van der Waals surface area contributed by atoms with Crippen molar-refractivity contribution in [2.75, 3.05) is 13.7 Å². The molecule has 0 bridgehead atoms. The predicted molar refractivity (Wildman–Crippen MR) is 58.6 cm³/mol. The molecule has 90 valence electrons. The largest absolute Gasteiger partial charge is 0.377 e. The Morgan fingerprint density at radius 2 is 2.00 bits per heavy atom. The summed E-state index contributed by atoms with van der Waals surface area (Å²) in [6.45, 7) is 8.78. The zero-order chi connectivity index (χ0) is 11.5. The summed E-state index contributed by atoms with van der Waals surface area (Å²) < 4.78 is 10.9. The smallest absolute Gasteiger partial charge is 0.101 e. The van der Waals surface area contributed by atoms with Gasteiger partial charge in [0.1, 0.15) is 6.10 Å². The maximum absolute atomic E-state index is 5.52. The Hall–Kier alpha value is -0.160. The van der Waals surface area contributed by atoms with E-state index in [-0.39, 0.29) is 23.9 Å². The number of hydrogen-bond acceptors (Lipinski definition) is 4. The monoisotopic (exact) mass is 217 g/mol. The van der Waals surface area contributed by atoms with Crippen LogP contribution in [0.25, 0.3) is 0 Å². The van der Waals surface area contributed by atoms with Crippen LogP contribution in [0.2, 0.25) is 0 Å². The molecule has 0 aromatic rings. The van der Waals surface area contributed by atoms with E-state index in [4.69, 9.17) is 14.3 Å². The number of rotatable bonds is 5. The van der Waals surface area contributed by atoms with Gasteiger partial charge in [0.15, 0.2) is 0 Å². The summed E-state index contributed by atoms with van der Waals surface area (Å²) in [5, 5.41) is 0. The first-order valence-electron chi connectivity index (χ1n) is 5.56. The van der Waals surface area contributed by atoms with E-state index in [0.29, 0.717) is 0 Å². The lowest BCUT2D eigenvalue weighted by Gasteiger charge is -2.43. The Morgan fingerprint density at radius 1 is 1.33 bits per heavy atom. The molecule has 1 aliphatic rings. The molecule has 1 N–H and O–H groups in total.